The first kappa shape index (κ1) is 21.9. The van der Waals surface area contributed by atoms with Crippen molar-refractivity contribution in [1.29, 1.82) is 0 Å². The average Bonchev–Trinajstić information content (AvgIpc) is 3.10. The van der Waals surface area contributed by atoms with Crippen LogP contribution in [-0.2, 0) is 13.1 Å². The summed E-state index contributed by atoms with van der Waals surface area (Å²) in [5.41, 5.74) is 2.22. The molecule has 138 valence electrons. The van der Waals surface area contributed by atoms with E-state index in [1.54, 1.807) is 25.5 Å². The number of benzene rings is 1. The Kier molecular flexibility index (Phi) is 9.99. The average molecular weight is 496 g/mol. The lowest BCUT2D eigenvalue weighted by molar-refractivity contribution is 0.311. The molecule has 0 bridgehead atoms. The van der Waals surface area contributed by atoms with Crippen LogP contribution >= 0.6 is 46.9 Å². The van der Waals surface area contributed by atoms with Crippen LogP contribution in [0.5, 0.6) is 11.5 Å². The molecule has 0 amide bonds. The standard InChI is InChI=1S/C17H22ClN3O2S.HI/c1-4-23-16-14(18)7-13(8-15(16)22-3)10-21-17(19-2)20-9-12-5-6-24-11-12;/h5-8,11H,4,9-10H2,1-3H3,(H2,19,20,21);1H. The van der Waals surface area contributed by atoms with Gasteiger partial charge in [0.15, 0.2) is 17.5 Å². The SMILES string of the molecule is CCOc1c(Cl)cc(CNC(=NC)NCc2ccsc2)cc1OC.I. The number of rotatable bonds is 7. The number of nitrogens with zero attached hydrogens (tertiary/aromatic N) is 1. The van der Waals surface area contributed by atoms with Gasteiger partial charge < -0.3 is 20.1 Å². The van der Waals surface area contributed by atoms with Gasteiger partial charge in [-0.3, -0.25) is 4.99 Å². The normalized spacial score (nSPS) is 10.8. The van der Waals surface area contributed by atoms with E-state index in [1.165, 1.54) is 5.56 Å². The Balaban J connectivity index is 0.00000312. The summed E-state index contributed by atoms with van der Waals surface area (Å²) in [7, 11) is 3.35. The van der Waals surface area contributed by atoms with Crippen molar-refractivity contribution in [2.45, 2.75) is 20.0 Å². The molecule has 0 aliphatic rings. The van der Waals surface area contributed by atoms with Crippen LogP contribution in [0, 0.1) is 0 Å². The lowest BCUT2D eigenvalue weighted by Crippen LogP contribution is -2.36. The lowest BCUT2D eigenvalue weighted by atomic mass is 10.2. The van der Waals surface area contributed by atoms with Crippen molar-refractivity contribution >= 4 is 52.9 Å². The zero-order valence-electron chi connectivity index (χ0n) is 14.5. The number of guanidine groups is 1. The van der Waals surface area contributed by atoms with Gasteiger partial charge in [-0.2, -0.15) is 11.3 Å². The van der Waals surface area contributed by atoms with E-state index < -0.39 is 0 Å². The highest BCUT2D eigenvalue weighted by atomic mass is 127. The Bertz CT molecular complexity index is 681. The predicted octanol–water partition coefficient (Wildman–Crippen LogP) is 4.29. The number of nitrogens with one attached hydrogen (secondary N) is 2. The largest absolute Gasteiger partial charge is 0.493 e. The van der Waals surface area contributed by atoms with Gasteiger partial charge in [-0.1, -0.05) is 11.6 Å². The monoisotopic (exact) mass is 495 g/mol. The van der Waals surface area contributed by atoms with E-state index in [4.69, 9.17) is 21.1 Å². The molecule has 0 aliphatic carbocycles. The number of hydrogen-bond donors (Lipinski definition) is 2. The number of ether oxygens (including phenoxy) is 2. The van der Waals surface area contributed by atoms with E-state index in [1.807, 2.05) is 19.1 Å². The Morgan fingerprint density at radius 2 is 1.96 bits per heavy atom. The summed E-state index contributed by atoms with van der Waals surface area (Å²) in [6, 6.07) is 5.87. The summed E-state index contributed by atoms with van der Waals surface area (Å²) in [6.07, 6.45) is 0. The maximum Gasteiger partial charge on any atom is 0.191 e. The minimum atomic E-state index is 0. The number of hydrogen-bond acceptors (Lipinski definition) is 4. The number of aliphatic imine (C=N–C) groups is 1. The van der Waals surface area contributed by atoms with Crippen molar-refractivity contribution in [2.24, 2.45) is 4.99 Å². The quantitative estimate of drug-likeness (QED) is 0.342. The summed E-state index contributed by atoms with van der Waals surface area (Å²) in [5, 5.41) is 11.2. The molecule has 0 atom stereocenters. The number of halogens is 2. The van der Waals surface area contributed by atoms with Crippen LogP contribution in [0.2, 0.25) is 5.02 Å². The van der Waals surface area contributed by atoms with Crippen LogP contribution in [0.15, 0.2) is 34.0 Å². The Hall–Kier alpha value is -1.19. The fourth-order valence-corrected chi connectivity index (χ4v) is 3.10. The maximum absolute atomic E-state index is 6.29. The second-order valence-corrected chi connectivity index (χ2v) is 6.14. The zero-order valence-corrected chi connectivity index (χ0v) is 18.4. The smallest absolute Gasteiger partial charge is 0.191 e. The molecule has 2 aromatic rings. The fraction of sp³-hybridized carbons (Fsp3) is 0.353. The van der Waals surface area contributed by atoms with Crippen molar-refractivity contribution in [3.63, 3.8) is 0 Å². The molecule has 1 heterocycles. The van der Waals surface area contributed by atoms with E-state index in [9.17, 15) is 0 Å². The lowest BCUT2D eigenvalue weighted by Gasteiger charge is -2.15. The highest BCUT2D eigenvalue weighted by Gasteiger charge is 2.12. The third-order valence-corrected chi connectivity index (χ3v) is 4.31. The molecule has 1 aromatic heterocycles. The van der Waals surface area contributed by atoms with Gasteiger partial charge in [0.05, 0.1) is 18.7 Å². The molecule has 0 saturated heterocycles. The highest BCUT2D eigenvalue weighted by Crippen LogP contribution is 2.36. The fourth-order valence-electron chi connectivity index (χ4n) is 2.15. The topological polar surface area (TPSA) is 54.9 Å². The molecule has 2 rings (SSSR count). The molecule has 0 unspecified atom stereocenters. The molecule has 1 aromatic carbocycles. The van der Waals surface area contributed by atoms with Crippen LogP contribution in [0.3, 0.4) is 0 Å². The minimum absolute atomic E-state index is 0. The summed E-state index contributed by atoms with van der Waals surface area (Å²) in [4.78, 5) is 4.22. The molecule has 25 heavy (non-hydrogen) atoms. The van der Waals surface area contributed by atoms with Crippen LogP contribution in [0.25, 0.3) is 0 Å². The molecule has 0 saturated carbocycles. The van der Waals surface area contributed by atoms with Gasteiger partial charge in [0.25, 0.3) is 0 Å². The Morgan fingerprint density at radius 3 is 2.52 bits per heavy atom. The third kappa shape index (κ3) is 6.56. The van der Waals surface area contributed by atoms with Crippen LogP contribution in [-0.4, -0.2) is 26.7 Å². The third-order valence-electron chi connectivity index (χ3n) is 3.30. The first-order chi connectivity index (χ1) is 11.7. The van der Waals surface area contributed by atoms with Crippen molar-refractivity contribution in [1.82, 2.24) is 10.6 Å². The van der Waals surface area contributed by atoms with E-state index in [0.29, 0.717) is 29.7 Å². The van der Waals surface area contributed by atoms with Gasteiger partial charge in [0.2, 0.25) is 0 Å². The van der Waals surface area contributed by atoms with Gasteiger partial charge in [-0.25, -0.2) is 0 Å². The van der Waals surface area contributed by atoms with E-state index in [-0.39, 0.29) is 24.0 Å². The van der Waals surface area contributed by atoms with Crippen molar-refractivity contribution in [3.8, 4) is 11.5 Å². The van der Waals surface area contributed by atoms with Crippen molar-refractivity contribution in [3.05, 3.63) is 45.1 Å². The van der Waals surface area contributed by atoms with Gasteiger partial charge >= 0.3 is 0 Å². The van der Waals surface area contributed by atoms with Crippen molar-refractivity contribution in [2.75, 3.05) is 20.8 Å². The van der Waals surface area contributed by atoms with Crippen LogP contribution < -0.4 is 20.1 Å². The summed E-state index contributed by atoms with van der Waals surface area (Å²) >= 11 is 7.97. The molecule has 5 nitrogen and oxygen atoms in total. The summed E-state index contributed by atoms with van der Waals surface area (Å²) in [5.74, 6) is 1.93. The summed E-state index contributed by atoms with van der Waals surface area (Å²) < 4.78 is 10.9. The zero-order chi connectivity index (χ0) is 17.4. The molecular weight excluding hydrogens is 473 g/mol. The van der Waals surface area contributed by atoms with E-state index in [0.717, 1.165) is 18.1 Å². The van der Waals surface area contributed by atoms with Gasteiger partial charge in [-0.15, -0.1) is 24.0 Å². The van der Waals surface area contributed by atoms with Crippen LogP contribution in [0.1, 0.15) is 18.1 Å². The molecule has 0 spiro atoms. The first-order valence-corrected chi connectivity index (χ1v) is 8.94. The molecule has 2 N–H and O–H groups in total. The van der Waals surface area contributed by atoms with E-state index in [2.05, 4.69) is 32.5 Å². The number of methoxy groups -OCH3 is 1. The van der Waals surface area contributed by atoms with Gasteiger partial charge in [-0.05, 0) is 47.0 Å². The summed E-state index contributed by atoms with van der Waals surface area (Å²) in [6.45, 7) is 3.75. The highest BCUT2D eigenvalue weighted by molar-refractivity contribution is 14.0. The second-order valence-electron chi connectivity index (χ2n) is 4.95. The van der Waals surface area contributed by atoms with Crippen molar-refractivity contribution < 1.29 is 9.47 Å². The molecule has 0 radical (unpaired) electrons. The second kappa shape index (κ2) is 11.4. The predicted molar refractivity (Wildman–Crippen MR) is 116 cm³/mol. The molecule has 0 fully saturated rings. The molecule has 0 aliphatic heterocycles. The first-order valence-electron chi connectivity index (χ1n) is 7.62. The van der Waals surface area contributed by atoms with Gasteiger partial charge in [0, 0.05) is 20.1 Å². The Labute approximate surface area is 174 Å². The molecule has 8 heteroatoms. The minimum Gasteiger partial charge on any atom is -0.493 e. The van der Waals surface area contributed by atoms with Gasteiger partial charge in [0.1, 0.15) is 0 Å². The Morgan fingerprint density at radius 1 is 1.24 bits per heavy atom. The maximum atomic E-state index is 6.29. The number of thiophene rings is 1. The van der Waals surface area contributed by atoms with E-state index >= 15 is 0 Å². The molecular formula is C17H23ClIN3O2S. The van der Waals surface area contributed by atoms with Crippen LogP contribution in [0.4, 0.5) is 0 Å².